The first-order chi connectivity index (χ1) is 9.42. The molecule has 1 amide bonds. The molecule has 0 aliphatic rings. The molecule has 0 spiro atoms. The molecule has 0 saturated heterocycles. The number of pyridine rings is 1. The summed E-state index contributed by atoms with van der Waals surface area (Å²) >= 11 is 5.73. The van der Waals surface area contributed by atoms with Crippen molar-refractivity contribution >= 4 is 23.2 Å². The van der Waals surface area contributed by atoms with Gasteiger partial charge in [0, 0.05) is 19.3 Å². The third-order valence-corrected chi connectivity index (χ3v) is 3.47. The van der Waals surface area contributed by atoms with E-state index in [1.807, 2.05) is 20.8 Å². The zero-order valence-electron chi connectivity index (χ0n) is 11.8. The smallest absolute Gasteiger partial charge is 0.319 e. The van der Waals surface area contributed by atoms with E-state index in [-0.39, 0.29) is 16.6 Å². The van der Waals surface area contributed by atoms with Gasteiger partial charge in [-0.25, -0.2) is 4.98 Å². The maximum atomic E-state index is 12.4. The number of aromatic nitrogens is 1. The van der Waals surface area contributed by atoms with Crippen molar-refractivity contribution in [3.63, 3.8) is 0 Å². The van der Waals surface area contributed by atoms with E-state index in [1.165, 1.54) is 12.3 Å². The van der Waals surface area contributed by atoms with Crippen molar-refractivity contribution in [1.29, 1.82) is 0 Å². The highest BCUT2D eigenvalue weighted by molar-refractivity contribution is 6.32. The van der Waals surface area contributed by atoms with Crippen LogP contribution in [0, 0.1) is 16.0 Å². The van der Waals surface area contributed by atoms with E-state index in [4.69, 9.17) is 11.6 Å². The summed E-state index contributed by atoms with van der Waals surface area (Å²) in [5, 5.41) is 10.8. The molecule has 0 aliphatic carbocycles. The predicted octanol–water partition coefficient (Wildman–Crippen LogP) is 3.15. The van der Waals surface area contributed by atoms with Gasteiger partial charge in [-0.05, 0) is 18.9 Å². The van der Waals surface area contributed by atoms with E-state index >= 15 is 0 Å². The number of amides is 1. The molecular formula is C13H18ClN3O3. The Labute approximate surface area is 122 Å². The molecule has 110 valence electrons. The summed E-state index contributed by atoms with van der Waals surface area (Å²) in [6.45, 7) is 6.96. The van der Waals surface area contributed by atoms with Crippen molar-refractivity contribution < 1.29 is 9.72 Å². The van der Waals surface area contributed by atoms with Crippen molar-refractivity contribution in [3.8, 4) is 0 Å². The van der Waals surface area contributed by atoms with E-state index in [1.54, 1.807) is 4.90 Å². The van der Waals surface area contributed by atoms with Crippen LogP contribution in [0.3, 0.4) is 0 Å². The number of halogens is 1. The summed E-state index contributed by atoms with van der Waals surface area (Å²) in [5.74, 6) is -0.0564. The van der Waals surface area contributed by atoms with E-state index in [9.17, 15) is 14.9 Å². The molecule has 0 fully saturated rings. The van der Waals surface area contributed by atoms with Crippen LogP contribution >= 0.6 is 11.6 Å². The SMILES string of the molecule is CCC(C)CN(CC)C(=O)c1ccnc(Cl)c1[N+](=O)[O-]. The van der Waals surface area contributed by atoms with Crippen LogP contribution in [0.25, 0.3) is 0 Å². The summed E-state index contributed by atoms with van der Waals surface area (Å²) in [6.07, 6.45) is 2.24. The highest BCUT2D eigenvalue weighted by Gasteiger charge is 2.28. The van der Waals surface area contributed by atoms with Crippen LogP contribution in [0.15, 0.2) is 12.3 Å². The van der Waals surface area contributed by atoms with Crippen LogP contribution in [0.4, 0.5) is 5.69 Å². The van der Waals surface area contributed by atoms with Gasteiger partial charge in [0.2, 0.25) is 5.15 Å². The molecule has 0 bridgehead atoms. The maximum Gasteiger partial charge on any atom is 0.319 e. The normalized spacial score (nSPS) is 12.0. The third kappa shape index (κ3) is 3.66. The van der Waals surface area contributed by atoms with Crippen molar-refractivity contribution in [2.75, 3.05) is 13.1 Å². The fourth-order valence-electron chi connectivity index (χ4n) is 1.81. The molecule has 1 atom stereocenters. The van der Waals surface area contributed by atoms with E-state index in [0.29, 0.717) is 19.0 Å². The van der Waals surface area contributed by atoms with Crippen molar-refractivity contribution in [2.45, 2.75) is 27.2 Å². The van der Waals surface area contributed by atoms with Crippen LogP contribution < -0.4 is 0 Å². The van der Waals surface area contributed by atoms with Crippen LogP contribution in [-0.4, -0.2) is 33.8 Å². The lowest BCUT2D eigenvalue weighted by Crippen LogP contribution is -2.35. The van der Waals surface area contributed by atoms with Crippen LogP contribution in [-0.2, 0) is 0 Å². The lowest BCUT2D eigenvalue weighted by Gasteiger charge is -2.24. The first-order valence-electron chi connectivity index (χ1n) is 6.50. The Morgan fingerprint density at radius 1 is 1.55 bits per heavy atom. The lowest BCUT2D eigenvalue weighted by atomic mass is 10.1. The van der Waals surface area contributed by atoms with Crippen LogP contribution in [0.5, 0.6) is 0 Å². The van der Waals surface area contributed by atoms with E-state index < -0.39 is 10.6 Å². The first kappa shape index (κ1) is 16.4. The average molecular weight is 300 g/mol. The monoisotopic (exact) mass is 299 g/mol. The van der Waals surface area contributed by atoms with Gasteiger partial charge in [-0.2, -0.15) is 0 Å². The number of hydrogen-bond acceptors (Lipinski definition) is 4. The molecule has 0 N–H and O–H groups in total. The second-order valence-corrected chi connectivity index (χ2v) is 4.97. The zero-order valence-corrected chi connectivity index (χ0v) is 12.6. The lowest BCUT2D eigenvalue weighted by molar-refractivity contribution is -0.385. The average Bonchev–Trinajstić information content (AvgIpc) is 2.42. The Kier molecular flexibility index (Phi) is 5.88. The molecule has 7 heteroatoms. The predicted molar refractivity (Wildman–Crippen MR) is 76.9 cm³/mol. The van der Waals surface area contributed by atoms with Gasteiger partial charge in [0.25, 0.3) is 5.91 Å². The minimum atomic E-state index is -0.667. The van der Waals surface area contributed by atoms with Gasteiger partial charge in [-0.15, -0.1) is 0 Å². The molecule has 1 heterocycles. The molecule has 0 aromatic carbocycles. The Hall–Kier alpha value is -1.69. The number of rotatable bonds is 6. The number of nitro groups is 1. The minimum Gasteiger partial charge on any atom is -0.338 e. The molecule has 6 nitrogen and oxygen atoms in total. The number of hydrogen-bond donors (Lipinski definition) is 0. The van der Waals surface area contributed by atoms with Gasteiger partial charge in [-0.3, -0.25) is 14.9 Å². The van der Waals surface area contributed by atoms with E-state index in [2.05, 4.69) is 4.98 Å². The van der Waals surface area contributed by atoms with Gasteiger partial charge < -0.3 is 4.90 Å². The highest BCUT2D eigenvalue weighted by atomic mass is 35.5. The molecule has 1 aromatic heterocycles. The van der Waals surface area contributed by atoms with Gasteiger partial charge in [0.15, 0.2) is 0 Å². The van der Waals surface area contributed by atoms with Crippen LogP contribution in [0.2, 0.25) is 5.15 Å². The Balaban J connectivity index is 3.13. The standard InChI is InChI=1S/C13H18ClN3O3/c1-4-9(3)8-16(5-2)13(18)10-6-7-15-12(14)11(10)17(19)20/h6-7,9H,4-5,8H2,1-3H3. The van der Waals surface area contributed by atoms with Gasteiger partial charge >= 0.3 is 5.69 Å². The summed E-state index contributed by atoms with van der Waals surface area (Å²) < 4.78 is 0. The molecular weight excluding hydrogens is 282 g/mol. The topological polar surface area (TPSA) is 76.3 Å². The molecule has 20 heavy (non-hydrogen) atoms. The van der Waals surface area contributed by atoms with Gasteiger partial charge in [0.1, 0.15) is 5.56 Å². The zero-order chi connectivity index (χ0) is 15.3. The fourth-order valence-corrected chi connectivity index (χ4v) is 2.03. The first-order valence-corrected chi connectivity index (χ1v) is 6.88. The second kappa shape index (κ2) is 7.19. The van der Waals surface area contributed by atoms with Gasteiger partial charge in [-0.1, -0.05) is 31.9 Å². The Morgan fingerprint density at radius 3 is 2.70 bits per heavy atom. The molecule has 1 aromatic rings. The third-order valence-electron chi connectivity index (χ3n) is 3.19. The summed E-state index contributed by atoms with van der Waals surface area (Å²) in [5.41, 5.74) is -0.443. The quantitative estimate of drug-likeness (QED) is 0.459. The van der Waals surface area contributed by atoms with Crippen LogP contribution in [0.1, 0.15) is 37.6 Å². The molecule has 0 radical (unpaired) electrons. The largest absolute Gasteiger partial charge is 0.338 e. The molecule has 0 saturated carbocycles. The van der Waals surface area contributed by atoms with Crippen molar-refractivity contribution in [2.24, 2.45) is 5.92 Å². The molecule has 1 rings (SSSR count). The number of carbonyl (C=O) groups is 1. The van der Waals surface area contributed by atoms with Crippen molar-refractivity contribution in [3.05, 3.63) is 33.1 Å². The molecule has 0 aliphatic heterocycles. The number of nitrogens with zero attached hydrogens (tertiary/aromatic N) is 3. The van der Waals surface area contributed by atoms with Gasteiger partial charge in [0.05, 0.1) is 4.92 Å². The Bertz CT molecular complexity index is 508. The number of carbonyl (C=O) groups excluding carboxylic acids is 1. The van der Waals surface area contributed by atoms with E-state index in [0.717, 1.165) is 6.42 Å². The molecule has 1 unspecified atom stereocenters. The van der Waals surface area contributed by atoms with Crippen molar-refractivity contribution in [1.82, 2.24) is 9.88 Å². The Morgan fingerprint density at radius 2 is 2.20 bits per heavy atom. The second-order valence-electron chi connectivity index (χ2n) is 4.61. The summed E-state index contributed by atoms with van der Waals surface area (Å²) in [4.78, 5) is 28.1. The maximum absolute atomic E-state index is 12.4. The minimum absolute atomic E-state index is 0.0137. The summed E-state index contributed by atoms with van der Waals surface area (Å²) in [6, 6.07) is 1.34. The highest BCUT2D eigenvalue weighted by Crippen LogP contribution is 2.27. The fraction of sp³-hybridized carbons (Fsp3) is 0.538. The summed E-state index contributed by atoms with van der Waals surface area (Å²) in [7, 11) is 0.